The van der Waals surface area contributed by atoms with Crippen molar-refractivity contribution in [1.29, 1.82) is 0 Å². The van der Waals surface area contributed by atoms with Gasteiger partial charge in [-0.05, 0) is 31.4 Å². The minimum absolute atomic E-state index is 0.0580. The zero-order valence-electron chi connectivity index (χ0n) is 10.5. The Bertz CT molecular complexity index is 438. The molecule has 6 nitrogen and oxygen atoms in total. The Kier molecular flexibility index (Phi) is 3.76. The van der Waals surface area contributed by atoms with Crippen molar-refractivity contribution in [2.75, 3.05) is 18.5 Å². The second-order valence-corrected chi connectivity index (χ2v) is 4.73. The van der Waals surface area contributed by atoms with Crippen LogP contribution in [0.1, 0.15) is 19.3 Å². The number of nitro groups is 1. The largest absolute Gasteiger partial charge is 0.366 e. The van der Waals surface area contributed by atoms with Crippen molar-refractivity contribution in [3.8, 4) is 0 Å². The SMILES string of the molecule is CN(c1ccncc1[N+](=O)[O-])C1CCCC1CN. The quantitative estimate of drug-likeness (QED) is 0.647. The van der Waals surface area contributed by atoms with Crippen LogP contribution in [0.25, 0.3) is 0 Å². The summed E-state index contributed by atoms with van der Waals surface area (Å²) >= 11 is 0. The summed E-state index contributed by atoms with van der Waals surface area (Å²) in [5.41, 5.74) is 6.45. The molecule has 0 bridgehead atoms. The van der Waals surface area contributed by atoms with E-state index in [0.717, 1.165) is 19.3 Å². The van der Waals surface area contributed by atoms with Crippen molar-refractivity contribution in [2.45, 2.75) is 25.3 Å². The van der Waals surface area contributed by atoms with Crippen LogP contribution >= 0.6 is 0 Å². The summed E-state index contributed by atoms with van der Waals surface area (Å²) in [7, 11) is 1.90. The van der Waals surface area contributed by atoms with Crippen LogP contribution in [-0.2, 0) is 0 Å². The molecule has 1 saturated carbocycles. The summed E-state index contributed by atoms with van der Waals surface area (Å²) in [6.45, 7) is 0.633. The molecule has 2 N–H and O–H groups in total. The summed E-state index contributed by atoms with van der Waals surface area (Å²) in [5, 5.41) is 11.0. The lowest BCUT2D eigenvalue weighted by molar-refractivity contribution is -0.384. The molecule has 0 amide bonds. The molecule has 1 aromatic rings. The fourth-order valence-corrected chi connectivity index (χ4v) is 2.80. The number of hydrogen-bond donors (Lipinski definition) is 1. The molecule has 6 heteroatoms. The van der Waals surface area contributed by atoms with Gasteiger partial charge in [-0.15, -0.1) is 0 Å². The molecule has 98 valence electrons. The first-order valence-electron chi connectivity index (χ1n) is 6.16. The van der Waals surface area contributed by atoms with Crippen LogP contribution in [0.5, 0.6) is 0 Å². The van der Waals surface area contributed by atoms with Crippen LogP contribution in [0, 0.1) is 16.0 Å². The van der Waals surface area contributed by atoms with E-state index in [1.807, 2.05) is 11.9 Å². The first-order chi connectivity index (χ1) is 8.65. The monoisotopic (exact) mass is 250 g/mol. The molecule has 2 unspecified atom stereocenters. The smallest absolute Gasteiger partial charge is 0.310 e. The van der Waals surface area contributed by atoms with E-state index in [2.05, 4.69) is 4.98 Å². The van der Waals surface area contributed by atoms with Crippen LogP contribution in [-0.4, -0.2) is 29.5 Å². The predicted molar refractivity (Wildman–Crippen MR) is 69.5 cm³/mol. The molecule has 0 aromatic carbocycles. The Hall–Kier alpha value is -1.69. The van der Waals surface area contributed by atoms with E-state index in [0.29, 0.717) is 18.2 Å². The number of nitrogens with two attached hydrogens (primary N) is 1. The maximum Gasteiger partial charge on any atom is 0.310 e. The minimum atomic E-state index is -0.384. The highest BCUT2D eigenvalue weighted by molar-refractivity contribution is 5.61. The third-order valence-corrected chi connectivity index (χ3v) is 3.77. The summed E-state index contributed by atoms with van der Waals surface area (Å²) in [5.74, 6) is 0.419. The van der Waals surface area contributed by atoms with Crippen LogP contribution in [0.2, 0.25) is 0 Å². The summed E-state index contributed by atoms with van der Waals surface area (Å²) < 4.78 is 0. The topological polar surface area (TPSA) is 85.3 Å². The Balaban J connectivity index is 2.28. The Labute approximate surface area is 106 Å². The zero-order valence-corrected chi connectivity index (χ0v) is 10.5. The third kappa shape index (κ3) is 2.28. The molecule has 1 fully saturated rings. The second-order valence-electron chi connectivity index (χ2n) is 4.73. The Morgan fingerprint density at radius 3 is 3.06 bits per heavy atom. The number of nitrogens with zero attached hydrogens (tertiary/aromatic N) is 3. The van der Waals surface area contributed by atoms with Gasteiger partial charge in [0.05, 0.1) is 4.92 Å². The molecule has 0 aliphatic heterocycles. The number of pyridine rings is 1. The van der Waals surface area contributed by atoms with E-state index in [-0.39, 0.29) is 16.7 Å². The summed E-state index contributed by atoms with van der Waals surface area (Å²) in [6.07, 6.45) is 6.17. The molecule has 18 heavy (non-hydrogen) atoms. The van der Waals surface area contributed by atoms with Gasteiger partial charge in [0, 0.05) is 19.3 Å². The normalized spacial score (nSPS) is 23.0. The van der Waals surface area contributed by atoms with Crippen molar-refractivity contribution in [2.24, 2.45) is 11.7 Å². The van der Waals surface area contributed by atoms with Gasteiger partial charge >= 0.3 is 5.69 Å². The van der Waals surface area contributed by atoms with E-state index in [1.54, 1.807) is 12.3 Å². The van der Waals surface area contributed by atoms with Crippen molar-refractivity contribution in [3.05, 3.63) is 28.6 Å². The van der Waals surface area contributed by atoms with Crippen molar-refractivity contribution < 1.29 is 4.92 Å². The number of rotatable bonds is 4. The van der Waals surface area contributed by atoms with E-state index in [1.165, 1.54) is 6.20 Å². The fourth-order valence-electron chi connectivity index (χ4n) is 2.80. The standard InChI is InChI=1S/C12H18N4O2/c1-15(10-4-2-3-9(10)7-13)11-5-6-14-8-12(11)16(17)18/h5-6,8-10H,2-4,7,13H2,1H3. The molecule has 2 rings (SSSR count). The van der Waals surface area contributed by atoms with Gasteiger partial charge in [-0.3, -0.25) is 15.1 Å². The van der Waals surface area contributed by atoms with Gasteiger partial charge in [0.25, 0.3) is 0 Å². The highest BCUT2D eigenvalue weighted by atomic mass is 16.6. The highest BCUT2D eigenvalue weighted by Crippen LogP contribution is 2.34. The summed E-state index contributed by atoms with van der Waals surface area (Å²) in [4.78, 5) is 16.4. The van der Waals surface area contributed by atoms with Gasteiger partial charge in [0.15, 0.2) is 0 Å². The van der Waals surface area contributed by atoms with Crippen molar-refractivity contribution >= 4 is 11.4 Å². The molecule has 1 aliphatic carbocycles. The second kappa shape index (κ2) is 5.30. The predicted octanol–water partition coefficient (Wildman–Crippen LogP) is 1.55. The van der Waals surface area contributed by atoms with Gasteiger partial charge in [0.2, 0.25) is 0 Å². The van der Waals surface area contributed by atoms with Gasteiger partial charge in [-0.25, -0.2) is 0 Å². The molecular formula is C12H18N4O2. The van der Waals surface area contributed by atoms with E-state index >= 15 is 0 Å². The van der Waals surface area contributed by atoms with Crippen LogP contribution in [0.15, 0.2) is 18.5 Å². The Morgan fingerprint density at radius 2 is 2.39 bits per heavy atom. The summed E-state index contributed by atoms with van der Waals surface area (Å²) in [6, 6.07) is 1.99. The van der Waals surface area contributed by atoms with Crippen molar-refractivity contribution in [3.63, 3.8) is 0 Å². The third-order valence-electron chi connectivity index (χ3n) is 3.77. The fraction of sp³-hybridized carbons (Fsp3) is 0.583. The number of hydrogen-bond acceptors (Lipinski definition) is 5. The molecule has 2 atom stereocenters. The minimum Gasteiger partial charge on any atom is -0.366 e. The lowest BCUT2D eigenvalue weighted by Gasteiger charge is -2.30. The molecule has 1 aliphatic rings. The molecule has 1 aromatic heterocycles. The highest BCUT2D eigenvalue weighted by Gasteiger charge is 2.32. The van der Waals surface area contributed by atoms with Crippen LogP contribution in [0.3, 0.4) is 0 Å². The van der Waals surface area contributed by atoms with E-state index < -0.39 is 0 Å². The Morgan fingerprint density at radius 1 is 1.61 bits per heavy atom. The van der Waals surface area contributed by atoms with Gasteiger partial charge < -0.3 is 10.6 Å². The van der Waals surface area contributed by atoms with Crippen LogP contribution < -0.4 is 10.6 Å². The van der Waals surface area contributed by atoms with E-state index in [9.17, 15) is 10.1 Å². The molecule has 1 heterocycles. The molecule has 0 radical (unpaired) electrons. The lowest BCUT2D eigenvalue weighted by Crippen LogP contribution is -2.38. The molecule has 0 spiro atoms. The first-order valence-corrected chi connectivity index (χ1v) is 6.16. The van der Waals surface area contributed by atoms with E-state index in [4.69, 9.17) is 5.73 Å². The van der Waals surface area contributed by atoms with Gasteiger partial charge in [0.1, 0.15) is 11.9 Å². The molecular weight excluding hydrogens is 232 g/mol. The van der Waals surface area contributed by atoms with Gasteiger partial charge in [-0.1, -0.05) is 6.42 Å². The first kappa shape index (κ1) is 12.8. The van der Waals surface area contributed by atoms with Crippen molar-refractivity contribution in [1.82, 2.24) is 4.98 Å². The van der Waals surface area contributed by atoms with Gasteiger partial charge in [-0.2, -0.15) is 0 Å². The lowest BCUT2D eigenvalue weighted by atomic mass is 10.0. The average molecular weight is 250 g/mol. The zero-order chi connectivity index (χ0) is 13.1. The maximum absolute atomic E-state index is 11.0. The average Bonchev–Trinajstić information content (AvgIpc) is 2.86. The number of anilines is 1. The number of aromatic nitrogens is 1. The maximum atomic E-state index is 11.0. The van der Waals surface area contributed by atoms with Crippen LogP contribution in [0.4, 0.5) is 11.4 Å². The molecule has 0 saturated heterocycles.